The Labute approximate surface area is 102 Å². The molecule has 0 bridgehead atoms. The second-order valence-corrected chi connectivity index (χ2v) is 5.25. The predicted molar refractivity (Wildman–Crippen MR) is 63.8 cm³/mol. The molecule has 0 aromatic carbocycles. The van der Waals surface area contributed by atoms with E-state index in [2.05, 4.69) is 10.6 Å². The number of ether oxygens (including phenoxy) is 1. The van der Waals surface area contributed by atoms with Gasteiger partial charge in [-0.1, -0.05) is 0 Å². The van der Waals surface area contributed by atoms with Crippen molar-refractivity contribution in [3.05, 3.63) is 0 Å². The van der Waals surface area contributed by atoms with Crippen molar-refractivity contribution in [2.75, 3.05) is 13.2 Å². The van der Waals surface area contributed by atoms with Gasteiger partial charge in [0.2, 0.25) is 0 Å². The van der Waals surface area contributed by atoms with Crippen LogP contribution in [0.3, 0.4) is 0 Å². The van der Waals surface area contributed by atoms with Gasteiger partial charge in [0, 0.05) is 13.2 Å². The van der Waals surface area contributed by atoms with Crippen LogP contribution in [0.1, 0.15) is 39.0 Å². The zero-order chi connectivity index (χ0) is 12.3. The van der Waals surface area contributed by atoms with Gasteiger partial charge >= 0.3 is 6.03 Å². The van der Waals surface area contributed by atoms with E-state index in [1.165, 1.54) is 0 Å². The van der Waals surface area contributed by atoms with Gasteiger partial charge in [0.15, 0.2) is 0 Å². The Morgan fingerprint density at radius 3 is 2.82 bits per heavy atom. The van der Waals surface area contributed by atoms with Crippen molar-refractivity contribution < 1.29 is 14.6 Å². The van der Waals surface area contributed by atoms with E-state index in [-0.39, 0.29) is 18.2 Å². The average molecular weight is 242 g/mol. The summed E-state index contributed by atoms with van der Waals surface area (Å²) in [6, 6.07) is -0.193. The van der Waals surface area contributed by atoms with E-state index in [4.69, 9.17) is 4.74 Å². The standard InChI is InChI=1S/C12H22N2O3/c1-9(10-4-2-7-17-10)14-11(15)13-8-12(16)5-3-6-12/h9-10,16H,2-8H2,1H3,(H2,13,14,15). The summed E-state index contributed by atoms with van der Waals surface area (Å²) in [7, 11) is 0. The zero-order valence-corrected chi connectivity index (χ0v) is 10.4. The third-order valence-electron chi connectivity index (χ3n) is 3.74. The van der Waals surface area contributed by atoms with Crippen molar-refractivity contribution in [2.24, 2.45) is 0 Å². The van der Waals surface area contributed by atoms with Crippen LogP contribution in [0.4, 0.5) is 4.79 Å². The number of rotatable bonds is 4. The highest BCUT2D eigenvalue weighted by Gasteiger charge is 2.34. The summed E-state index contributed by atoms with van der Waals surface area (Å²) in [5.74, 6) is 0. The fourth-order valence-corrected chi connectivity index (χ4v) is 2.35. The second kappa shape index (κ2) is 5.23. The molecule has 2 atom stereocenters. The molecule has 0 spiro atoms. The number of nitrogens with one attached hydrogen (secondary N) is 2. The van der Waals surface area contributed by atoms with Crippen LogP contribution in [0.5, 0.6) is 0 Å². The predicted octanol–water partition coefficient (Wildman–Crippen LogP) is 0.768. The molecule has 0 aromatic heterocycles. The molecule has 1 aliphatic heterocycles. The summed E-state index contributed by atoms with van der Waals surface area (Å²) < 4.78 is 5.50. The fourth-order valence-electron chi connectivity index (χ4n) is 2.35. The molecule has 1 heterocycles. The number of hydrogen-bond donors (Lipinski definition) is 3. The molecule has 2 amide bonds. The van der Waals surface area contributed by atoms with Gasteiger partial charge in [-0.3, -0.25) is 0 Å². The van der Waals surface area contributed by atoms with Crippen LogP contribution in [-0.4, -0.2) is 42.0 Å². The van der Waals surface area contributed by atoms with E-state index in [9.17, 15) is 9.90 Å². The summed E-state index contributed by atoms with van der Waals surface area (Å²) >= 11 is 0. The third-order valence-corrected chi connectivity index (χ3v) is 3.74. The van der Waals surface area contributed by atoms with Gasteiger partial charge in [-0.2, -0.15) is 0 Å². The Morgan fingerprint density at radius 1 is 1.53 bits per heavy atom. The number of amides is 2. The molecule has 1 aliphatic carbocycles. The van der Waals surface area contributed by atoms with Crippen LogP contribution in [-0.2, 0) is 4.74 Å². The number of hydrogen-bond acceptors (Lipinski definition) is 3. The van der Waals surface area contributed by atoms with E-state index in [0.29, 0.717) is 6.54 Å². The molecule has 5 nitrogen and oxygen atoms in total. The topological polar surface area (TPSA) is 70.6 Å². The molecule has 17 heavy (non-hydrogen) atoms. The van der Waals surface area contributed by atoms with E-state index in [0.717, 1.165) is 38.7 Å². The van der Waals surface area contributed by atoms with Crippen LogP contribution in [0, 0.1) is 0 Å². The van der Waals surface area contributed by atoms with Gasteiger partial charge in [0.1, 0.15) is 0 Å². The average Bonchev–Trinajstić information content (AvgIpc) is 2.77. The minimum absolute atomic E-state index is 0.0218. The van der Waals surface area contributed by atoms with Crippen molar-refractivity contribution in [1.29, 1.82) is 0 Å². The second-order valence-electron chi connectivity index (χ2n) is 5.25. The first-order valence-corrected chi connectivity index (χ1v) is 6.47. The van der Waals surface area contributed by atoms with Crippen LogP contribution in [0.2, 0.25) is 0 Å². The Hall–Kier alpha value is -0.810. The molecule has 2 aliphatic rings. The van der Waals surface area contributed by atoms with Gasteiger partial charge in [0.05, 0.1) is 17.7 Å². The molecule has 0 radical (unpaired) electrons. The van der Waals surface area contributed by atoms with Crippen molar-refractivity contribution >= 4 is 6.03 Å². The molecule has 98 valence electrons. The Kier molecular flexibility index (Phi) is 3.89. The van der Waals surface area contributed by atoms with E-state index in [1.54, 1.807) is 0 Å². The van der Waals surface area contributed by atoms with Crippen LogP contribution >= 0.6 is 0 Å². The third kappa shape index (κ3) is 3.33. The van der Waals surface area contributed by atoms with Crippen LogP contribution in [0.15, 0.2) is 0 Å². The molecular formula is C12H22N2O3. The Bertz CT molecular complexity index is 273. The highest BCUT2D eigenvalue weighted by molar-refractivity contribution is 5.74. The highest BCUT2D eigenvalue weighted by Crippen LogP contribution is 2.30. The van der Waals surface area contributed by atoms with E-state index >= 15 is 0 Å². The first kappa shape index (κ1) is 12.6. The Balaban J connectivity index is 1.65. The van der Waals surface area contributed by atoms with Gasteiger partial charge in [-0.05, 0) is 39.0 Å². The lowest BCUT2D eigenvalue weighted by molar-refractivity contribution is -0.0291. The summed E-state index contributed by atoms with van der Waals surface area (Å²) in [6.07, 6.45) is 4.83. The van der Waals surface area contributed by atoms with Gasteiger partial charge in [-0.15, -0.1) is 0 Å². The monoisotopic (exact) mass is 242 g/mol. The summed E-state index contributed by atoms with van der Waals surface area (Å²) in [4.78, 5) is 11.6. The van der Waals surface area contributed by atoms with E-state index in [1.807, 2.05) is 6.92 Å². The minimum atomic E-state index is -0.662. The van der Waals surface area contributed by atoms with Crippen molar-refractivity contribution in [3.8, 4) is 0 Å². The van der Waals surface area contributed by atoms with Crippen molar-refractivity contribution in [3.63, 3.8) is 0 Å². The number of aliphatic hydroxyl groups is 1. The molecule has 5 heteroatoms. The zero-order valence-electron chi connectivity index (χ0n) is 10.4. The Morgan fingerprint density at radius 2 is 2.29 bits per heavy atom. The molecular weight excluding hydrogens is 220 g/mol. The SMILES string of the molecule is CC(NC(=O)NCC1(O)CCC1)C1CCCO1. The smallest absolute Gasteiger partial charge is 0.315 e. The molecule has 0 aromatic rings. The molecule has 3 N–H and O–H groups in total. The lowest BCUT2D eigenvalue weighted by Crippen LogP contribution is -2.52. The first-order chi connectivity index (χ1) is 8.09. The van der Waals surface area contributed by atoms with Gasteiger partial charge in [-0.25, -0.2) is 4.79 Å². The highest BCUT2D eigenvalue weighted by atomic mass is 16.5. The molecule has 2 fully saturated rings. The maximum atomic E-state index is 11.6. The number of urea groups is 1. The summed E-state index contributed by atoms with van der Waals surface area (Å²) in [5.41, 5.74) is -0.662. The molecule has 2 rings (SSSR count). The lowest BCUT2D eigenvalue weighted by atomic mass is 9.80. The van der Waals surface area contributed by atoms with Gasteiger partial charge in [0.25, 0.3) is 0 Å². The molecule has 2 unspecified atom stereocenters. The van der Waals surface area contributed by atoms with Crippen LogP contribution < -0.4 is 10.6 Å². The van der Waals surface area contributed by atoms with Crippen molar-refractivity contribution in [1.82, 2.24) is 10.6 Å². The maximum absolute atomic E-state index is 11.6. The maximum Gasteiger partial charge on any atom is 0.315 e. The van der Waals surface area contributed by atoms with Gasteiger partial charge < -0.3 is 20.5 Å². The normalized spacial score (nSPS) is 28.2. The van der Waals surface area contributed by atoms with E-state index < -0.39 is 5.60 Å². The lowest BCUT2D eigenvalue weighted by Gasteiger charge is -2.36. The molecule has 1 saturated carbocycles. The summed E-state index contributed by atoms with van der Waals surface area (Å²) in [6.45, 7) is 3.09. The summed E-state index contributed by atoms with van der Waals surface area (Å²) in [5, 5.41) is 15.4. The number of carbonyl (C=O) groups is 1. The largest absolute Gasteiger partial charge is 0.388 e. The van der Waals surface area contributed by atoms with Crippen molar-refractivity contribution in [2.45, 2.75) is 56.8 Å². The number of carbonyl (C=O) groups excluding carboxylic acids is 1. The van der Waals surface area contributed by atoms with Crippen LogP contribution in [0.25, 0.3) is 0 Å². The first-order valence-electron chi connectivity index (χ1n) is 6.47. The fraction of sp³-hybridized carbons (Fsp3) is 0.917. The quantitative estimate of drug-likeness (QED) is 0.682. The minimum Gasteiger partial charge on any atom is -0.388 e. The molecule has 1 saturated heterocycles.